The number of nitrogens with one attached hydrogen (secondary N) is 1. The first-order valence-electron chi connectivity index (χ1n) is 7.36. The van der Waals surface area contributed by atoms with Crippen LogP contribution in [-0.4, -0.2) is 19.3 Å². The summed E-state index contributed by atoms with van der Waals surface area (Å²) in [5.74, 6) is -1.04. The van der Waals surface area contributed by atoms with Crippen LogP contribution in [0.2, 0.25) is 0 Å². The molecule has 112 valence electrons. The van der Waals surface area contributed by atoms with E-state index in [4.69, 9.17) is 4.74 Å². The van der Waals surface area contributed by atoms with E-state index in [1.54, 1.807) is 7.11 Å². The van der Waals surface area contributed by atoms with E-state index in [2.05, 4.69) is 12.2 Å². The van der Waals surface area contributed by atoms with Gasteiger partial charge in [0.25, 0.3) is 0 Å². The lowest BCUT2D eigenvalue weighted by Crippen LogP contribution is -2.44. The average molecular weight is 283 g/mol. The van der Waals surface area contributed by atoms with Gasteiger partial charge in [0.2, 0.25) is 0 Å². The third-order valence-corrected chi connectivity index (χ3v) is 4.25. The molecule has 1 aliphatic carbocycles. The Bertz CT molecular complexity index is 444. The fourth-order valence-corrected chi connectivity index (χ4v) is 3.19. The van der Waals surface area contributed by atoms with Gasteiger partial charge in [-0.2, -0.15) is 0 Å². The first-order valence-corrected chi connectivity index (χ1v) is 7.36. The number of hydrogen-bond acceptors (Lipinski definition) is 2. The van der Waals surface area contributed by atoms with Crippen LogP contribution in [0.3, 0.4) is 0 Å². The SMILES string of the molecule is CCCNC(c1ccc(F)cc1F)C1(OC)CCCC1. The highest BCUT2D eigenvalue weighted by Crippen LogP contribution is 2.43. The van der Waals surface area contributed by atoms with E-state index >= 15 is 0 Å². The van der Waals surface area contributed by atoms with E-state index in [9.17, 15) is 8.78 Å². The molecule has 1 N–H and O–H groups in total. The smallest absolute Gasteiger partial charge is 0.131 e. The molecule has 0 bridgehead atoms. The zero-order valence-corrected chi connectivity index (χ0v) is 12.2. The molecule has 0 radical (unpaired) electrons. The summed E-state index contributed by atoms with van der Waals surface area (Å²) in [5, 5.41) is 3.39. The Hall–Kier alpha value is -1.00. The molecule has 1 saturated carbocycles. The molecule has 2 rings (SSSR count). The van der Waals surface area contributed by atoms with Crippen molar-refractivity contribution in [3.63, 3.8) is 0 Å². The molecular weight excluding hydrogens is 260 g/mol. The van der Waals surface area contributed by atoms with E-state index in [0.717, 1.165) is 44.7 Å². The third-order valence-electron chi connectivity index (χ3n) is 4.25. The van der Waals surface area contributed by atoms with Gasteiger partial charge in [0.1, 0.15) is 11.6 Å². The van der Waals surface area contributed by atoms with Crippen LogP contribution in [0.4, 0.5) is 8.78 Å². The van der Waals surface area contributed by atoms with Crippen molar-refractivity contribution >= 4 is 0 Å². The minimum atomic E-state index is -0.543. The van der Waals surface area contributed by atoms with Gasteiger partial charge < -0.3 is 10.1 Å². The molecule has 0 saturated heterocycles. The topological polar surface area (TPSA) is 21.3 Å². The first kappa shape index (κ1) is 15.4. The van der Waals surface area contributed by atoms with Crippen molar-refractivity contribution in [2.24, 2.45) is 0 Å². The normalized spacial score (nSPS) is 19.2. The number of halogens is 2. The number of hydrogen-bond donors (Lipinski definition) is 1. The van der Waals surface area contributed by atoms with Gasteiger partial charge in [0, 0.05) is 18.7 Å². The van der Waals surface area contributed by atoms with Gasteiger partial charge in [-0.1, -0.05) is 25.8 Å². The van der Waals surface area contributed by atoms with Crippen molar-refractivity contribution in [2.75, 3.05) is 13.7 Å². The van der Waals surface area contributed by atoms with Crippen molar-refractivity contribution in [1.82, 2.24) is 5.32 Å². The summed E-state index contributed by atoms with van der Waals surface area (Å²) in [6, 6.07) is 3.58. The monoisotopic (exact) mass is 283 g/mol. The molecule has 4 heteroatoms. The molecule has 0 aliphatic heterocycles. The Kier molecular flexibility index (Phi) is 5.11. The van der Waals surface area contributed by atoms with Crippen molar-refractivity contribution in [2.45, 2.75) is 50.7 Å². The summed E-state index contributed by atoms with van der Waals surface area (Å²) in [5.41, 5.74) is 0.122. The zero-order valence-electron chi connectivity index (χ0n) is 12.2. The Morgan fingerprint density at radius 3 is 2.55 bits per heavy atom. The van der Waals surface area contributed by atoms with Gasteiger partial charge in [-0.15, -0.1) is 0 Å². The van der Waals surface area contributed by atoms with Gasteiger partial charge in [-0.25, -0.2) is 8.78 Å². The van der Waals surface area contributed by atoms with Gasteiger partial charge in [-0.05, 0) is 31.9 Å². The molecule has 0 amide bonds. The minimum Gasteiger partial charge on any atom is -0.376 e. The molecule has 1 unspecified atom stereocenters. The summed E-state index contributed by atoms with van der Waals surface area (Å²) in [6.07, 6.45) is 4.93. The summed E-state index contributed by atoms with van der Waals surface area (Å²) < 4.78 is 33.1. The molecule has 2 nitrogen and oxygen atoms in total. The summed E-state index contributed by atoms with van der Waals surface area (Å²) >= 11 is 0. The van der Waals surface area contributed by atoms with Crippen LogP contribution in [-0.2, 0) is 4.74 Å². The predicted octanol–water partition coefficient (Wildman–Crippen LogP) is 3.96. The molecule has 1 fully saturated rings. The molecule has 1 aromatic carbocycles. The van der Waals surface area contributed by atoms with E-state index in [1.807, 2.05) is 0 Å². The number of methoxy groups -OCH3 is 1. The lowest BCUT2D eigenvalue weighted by molar-refractivity contribution is -0.0376. The molecule has 1 aromatic rings. The maximum absolute atomic E-state index is 14.2. The molecule has 0 aromatic heterocycles. The van der Waals surface area contributed by atoms with Gasteiger partial charge in [0.15, 0.2) is 0 Å². The Balaban J connectivity index is 2.35. The largest absolute Gasteiger partial charge is 0.376 e. The standard InChI is InChI=1S/C16H23F2NO/c1-3-10-19-15(16(20-2)8-4-5-9-16)13-7-6-12(17)11-14(13)18/h6-7,11,15,19H,3-5,8-10H2,1-2H3. The van der Waals surface area contributed by atoms with Gasteiger partial charge in [0.05, 0.1) is 11.6 Å². The molecule has 1 aliphatic rings. The average Bonchev–Trinajstić information content (AvgIpc) is 2.91. The fourth-order valence-electron chi connectivity index (χ4n) is 3.19. The van der Waals surface area contributed by atoms with E-state index in [-0.39, 0.29) is 11.6 Å². The fraction of sp³-hybridized carbons (Fsp3) is 0.625. The molecule has 1 atom stereocenters. The highest BCUT2D eigenvalue weighted by molar-refractivity contribution is 5.26. The van der Waals surface area contributed by atoms with Crippen molar-refractivity contribution < 1.29 is 13.5 Å². The Morgan fingerprint density at radius 1 is 1.30 bits per heavy atom. The quantitative estimate of drug-likeness (QED) is 0.853. The highest BCUT2D eigenvalue weighted by Gasteiger charge is 2.43. The van der Waals surface area contributed by atoms with Crippen LogP contribution < -0.4 is 5.32 Å². The summed E-state index contributed by atoms with van der Waals surface area (Å²) in [4.78, 5) is 0. The lowest BCUT2D eigenvalue weighted by Gasteiger charge is -2.37. The van der Waals surface area contributed by atoms with Crippen LogP contribution in [0.1, 0.15) is 50.6 Å². The van der Waals surface area contributed by atoms with E-state index in [1.165, 1.54) is 12.1 Å². The summed E-state index contributed by atoms with van der Waals surface area (Å²) in [7, 11) is 1.69. The van der Waals surface area contributed by atoms with E-state index < -0.39 is 11.6 Å². The minimum absolute atomic E-state index is 0.226. The Labute approximate surface area is 119 Å². The van der Waals surface area contributed by atoms with Crippen LogP contribution >= 0.6 is 0 Å². The number of benzene rings is 1. The zero-order chi connectivity index (χ0) is 14.6. The number of ether oxygens (including phenoxy) is 1. The number of rotatable bonds is 6. The third kappa shape index (κ3) is 3.01. The van der Waals surface area contributed by atoms with Crippen LogP contribution in [0.5, 0.6) is 0 Å². The first-order chi connectivity index (χ1) is 9.63. The van der Waals surface area contributed by atoms with Gasteiger partial charge >= 0.3 is 0 Å². The second-order valence-electron chi connectivity index (χ2n) is 5.53. The second kappa shape index (κ2) is 6.64. The van der Waals surface area contributed by atoms with Crippen molar-refractivity contribution in [3.05, 3.63) is 35.4 Å². The maximum atomic E-state index is 14.2. The van der Waals surface area contributed by atoms with Crippen LogP contribution in [0.15, 0.2) is 18.2 Å². The van der Waals surface area contributed by atoms with Gasteiger partial charge in [-0.3, -0.25) is 0 Å². The molecule has 20 heavy (non-hydrogen) atoms. The lowest BCUT2D eigenvalue weighted by atomic mass is 9.86. The highest BCUT2D eigenvalue weighted by atomic mass is 19.1. The summed E-state index contributed by atoms with van der Waals surface area (Å²) in [6.45, 7) is 2.85. The molecular formula is C16H23F2NO. The van der Waals surface area contributed by atoms with Crippen molar-refractivity contribution in [3.8, 4) is 0 Å². The van der Waals surface area contributed by atoms with E-state index in [0.29, 0.717) is 5.56 Å². The van der Waals surface area contributed by atoms with Crippen LogP contribution in [0.25, 0.3) is 0 Å². The Morgan fingerprint density at radius 2 is 2.00 bits per heavy atom. The second-order valence-corrected chi connectivity index (χ2v) is 5.53. The van der Waals surface area contributed by atoms with Crippen LogP contribution in [0, 0.1) is 11.6 Å². The molecule has 0 spiro atoms. The predicted molar refractivity (Wildman–Crippen MR) is 75.6 cm³/mol. The van der Waals surface area contributed by atoms with Crippen molar-refractivity contribution in [1.29, 1.82) is 0 Å². The maximum Gasteiger partial charge on any atom is 0.131 e. The molecule has 0 heterocycles.